The first-order valence-corrected chi connectivity index (χ1v) is 13.7. The topological polar surface area (TPSA) is 58.9 Å². The van der Waals surface area contributed by atoms with E-state index in [2.05, 4.69) is 13.8 Å². The molecule has 1 fully saturated rings. The van der Waals surface area contributed by atoms with Gasteiger partial charge in [-0.2, -0.15) is 0 Å². The standard InChI is InChI=1S/C27H54O4/c1-3-5-7-9-11-12-14-16-18-24(17-15-13-10-8-6-4-2)23-30-21-20-26-27(29)25(28)19-22-31-26/h24-29H,3-23H2,1-2H3. The fourth-order valence-corrected chi connectivity index (χ4v) is 4.65. The largest absolute Gasteiger partial charge is 0.390 e. The van der Waals surface area contributed by atoms with Crippen molar-refractivity contribution in [1.82, 2.24) is 0 Å². The first kappa shape index (κ1) is 28.9. The molecular weight excluding hydrogens is 388 g/mol. The van der Waals surface area contributed by atoms with Crippen LogP contribution >= 0.6 is 0 Å². The molecule has 2 N–H and O–H groups in total. The first-order chi connectivity index (χ1) is 15.2. The Kier molecular flexibility index (Phi) is 19.0. The van der Waals surface area contributed by atoms with Crippen LogP contribution in [0.5, 0.6) is 0 Å². The van der Waals surface area contributed by atoms with Crippen LogP contribution in [0.4, 0.5) is 0 Å². The van der Waals surface area contributed by atoms with Crippen molar-refractivity contribution in [2.24, 2.45) is 5.92 Å². The SMILES string of the molecule is CCCCCCCCCCC(CCCCCCCC)COCCC1OCCC(O)C1O. The molecule has 0 saturated carbocycles. The highest BCUT2D eigenvalue weighted by Gasteiger charge is 2.30. The lowest BCUT2D eigenvalue weighted by molar-refractivity contribution is -0.141. The monoisotopic (exact) mass is 442 g/mol. The summed E-state index contributed by atoms with van der Waals surface area (Å²) in [6.45, 7) is 6.52. The number of aliphatic hydroxyl groups excluding tert-OH is 2. The van der Waals surface area contributed by atoms with E-state index in [4.69, 9.17) is 9.47 Å². The van der Waals surface area contributed by atoms with Crippen LogP contribution in [0.25, 0.3) is 0 Å². The van der Waals surface area contributed by atoms with Gasteiger partial charge in [0.25, 0.3) is 0 Å². The van der Waals surface area contributed by atoms with Crippen molar-refractivity contribution in [2.45, 2.75) is 148 Å². The van der Waals surface area contributed by atoms with Crippen molar-refractivity contribution in [3.8, 4) is 0 Å². The van der Waals surface area contributed by atoms with Gasteiger partial charge < -0.3 is 19.7 Å². The zero-order chi connectivity index (χ0) is 22.6. The molecule has 1 aliphatic rings. The van der Waals surface area contributed by atoms with E-state index in [-0.39, 0.29) is 6.10 Å². The average Bonchev–Trinajstić information content (AvgIpc) is 2.77. The second kappa shape index (κ2) is 20.4. The van der Waals surface area contributed by atoms with E-state index in [1.54, 1.807) is 0 Å². The van der Waals surface area contributed by atoms with Crippen molar-refractivity contribution in [3.63, 3.8) is 0 Å². The van der Waals surface area contributed by atoms with Gasteiger partial charge >= 0.3 is 0 Å². The Hall–Kier alpha value is -0.160. The number of aliphatic hydroxyl groups is 2. The van der Waals surface area contributed by atoms with Crippen LogP contribution in [0, 0.1) is 5.92 Å². The van der Waals surface area contributed by atoms with Crippen molar-refractivity contribution in [2.75, 3.05) is 19.8 Å². The van der Waals surface area contributed by atoms with Crippen molar-refractivity contribution in [3.05, 3.63) is 0 Å². The Balaban J connectivity index is 2.19. The van der Waals surface area contributed by atoms with E-state index in [1.807, 2.05) is 0 Å². The molecule has 4 nitrogen and oxygen atoms in total. The summed E-state index contributed by atoms with van der Waals surface area (Å²) in [6.07, 6.45) is 21.2. The highest BCUT2D eigenvalue weighted by molar-refractivity contribution is 4.80. The second-order valence-corrected chi connectivity index (χ2v) is 9.81. The smallest absolute Gasteiger partial charge is 0.106 e. The number of hydrogen-bond acceptors (Lipinski definition) is 4. The second-order valence-electron chi connectivity index (χ2n) is 9.81. The summed E-state index contributed by atoms with van der Waals surface area (Å²) in [5, 5.41) is 19.9. The molecular formula is C27H54O4. The normalized spacial score (nSPS) is 22.6. The van der Waals surface area contributed by atoms with Crippen molar-refractivity contribution in [1.29, 1.82) is 0 Å². The molecule has 1 heterocycles. The third-order valence-corrected chi connectivity index (χ3v) is 6.85. The zero-order valence-corrected chi connectivity index (χ0v) is 20.9. The molecule has 0 aromatic rings. The lowest BCUT2D eigenvalue weighted by atomic mass is 9.94. The number of unbranched alkanes of at least 4 members (excludes halogenated alkanes) is 12. The maximum atomic E-state index is 10.1. The quantitative estimate of drug-likeness (QED) is 0.192. The van der Waals surface area contributed by atoms with E-state index in [9.17, 15) is 10.2 Å². The molecule has 1 saturated heterocycles. The molecule has 186 valence electrons. The molecule has 1 aliphatic heterocycles. The molecule has 0 aromatic heterocycles. The highest BCUT2D eigenvalue weighted by atomic mass is 16.5. The van der Waals surface area contributed by atoms with Crippen LogP contribution in [0.2, 0.25) is 0 Å². The number of ether oxygens (including phenoxy) is 2. The summed E-state index contributed by atoms with van der Waals surface area (Å²) in [7, 11) is 0. The first-order valence-electron chi connectivity index (χ1n) is 13.7. The van der Waals surface area contributed by atoms with Gasteiger partial charge in [-0.15, -0.1) is 0 Å². The summed E-state index contributed by atoms with van der Waals surface area (Å²) in [5.41, 5.74) is 0. The molecule has 0 spiro atoms. The van der Waals surface area contributed by atoms with E-state index >= 15 is 0 Å². The fourth-order valence-electron chi connectivity index (χ4n) is 4.65. The Morgan fingerprint density at radius 3 is 1.84 bits per heavy atom. The Morgan fingerprint density at radius 1 is 0.774 bits per heavy atom. The summed E-state index contributed by atoms with van der Waals surface area (Å²) < 4.78 is 11.6. The summed E-state index contributed by atoms with van der Waals surface area (Å²) >= 11 is 0. The van der Waals surface area contributed by atoms with Crippen LogP contribution < -0.4 is 0 Å². The molecule has 0 aliphatic carbocycles. The van der Waals surface area contributed by atoms with Crippen LogP contribution in [0.3, 0.4) is 0 Å². The van der Waals surface area contributed by atoms with Gasteiger partial charge in [-0.05, 0) is 31.6 Å². The molecule has 4 unspecified atom stereocenters. The summed E-state index contributed by atoms with van der Waals surface area (Å²) in [5.74, 6) is 0.661. The van der Waals surface area contributed by atoms with Crippen molar-refractivity contribution >= 4 is 0 Å². The molecule has 0 amide bonds. The molecule has 4 atom stereocenters. The molecule has 0 bridgehead atoms. The average molecular weight is 443 g/mol. The maximum Gasteiger partial charge on any atom is 0.106 e. The van der Waals surface area contributed by atoms with Gasteiger partial charge in [0.1, 0.15) is 6.10 Å². The summed E-state index contributed by atoms with van der Waals surface area (Å²) in [6, 6.07) is 0. The predicted octanol–water partition coefficient (Wildman–Crippen LogP) is 6.80. The molecule has 1 rings (SSSR count). The Labute approximate surface area is 193 Å². The van der Waals surface area contributed by atoms with E-state index < -0.39 is 12.2 Å². The van der Waals surface area contributed by atoms with E-state index in [0.29, 0.717) is 32.0 Å². The minimum absolute atomic E-state index is 0.284. The third-order valence-electron chi connectivity index (χ3n) is 6.85. The van der Waals surface area contributed by atoms with Crippen LogP contribution in [0.1, 0.15) is 129 Å². The number of hydrogen-bond donors (Lipinski definition) is 2. The maximum absolute atomic E-state index is 10.1. The Morgan fingerprint density at radius 2 is 1.29 bits per heavy atom. The lowest BCUT2D eigenvalue weighted by Crippen LogP contribution is -2.44. The molecule has 0 radical (unpaired) electrons. The minimum Gasteiger partial charge on any atom is -0.390 e. The molecule has 0 aromatic carbocycles. The van der Waals surface area contributed by atoms with Gasteiger partial charge in [0.2, 0.25) is 0 Å². The van der Waals surface area contributed by atoms with Crippen LogP contribution in [-0.4, -0.2) is 48.3 Å². The van der Waals surface area contributed by atoms with Crippen LogP contribution in [-0.2, 0) is 9.47 Å². The van der Waals surface area contributed by atoms with Gasteiger partial charge in [-0.3, -0.25) is 0 Å². The Bertz CT molecular complexity index is 376. The van der Waals surface area contributed by atoms with Crippen molar-refractivity contribution < 1.29 is 19.7 Å². The lowest BCUT2D eigenvalue weighted by Gasteiger charge is -2.32. The third kappa shape index (κ3) is 15.3. The molecule has 31 heavy (non-hydrogen) atoms. The van der Waals surface area contributed by atoms with Gasteiger partial charge in [-0.1, -0.05) is 104 Å². The zero-order valence-electron chi connectivity index (χ0n) is 20.9. The van der Waals surface area contributed by atoms with Gasteiger partial charge in [0.15, 0.2) is 0 Å². The van der Waals surface area contributed by atoms with Gasteiger partial charge in [-0.25, -0.2) is 0 Å². The van der Waals surface area contributed by atoms with Crippen LogP contribution in [0.15, 0.2) is 0 Å². The molecule has 4 heteroatoms. The van der Waals surface area contributed by atoms with E-state index in [0.717, 1.165) is 6.61 Å². The van der Waals surface area contributed by atoms with Gasteiger partial charge in [0.05, 0.1) is 12.2 Å². The predicted molar refractivity (Wildman–Crippen MR) is 131 cm³/mol. The number of rotatable bonds is 21. The minimum atomic E-state index is -0.770. The van der Waals surface area contributed by atoms with E-state index in [1.165, 1.54) is 103 Å². The highest BCUT2D eigenvalue weighted by Crippen LogP contribution is 2.21. The van der Waals surface area contributed by atoms with Gasteiger partial charge in [0, 0.05) is 19.8 Å². The summed E-state index contributed by atoms with van der Waals surface area (Å²) in [4.78, 5) is 0. The fraction of sp³-hybridized carbons (Fsp3) is 1.00.